The Labute approximate surface area is 208 Å². The molecule has 1 aliphatic rings. The fourth-order valence-electron chi connectivity index (χ4n) is 4.18. The zero-order chi connectivity index (χ0) is 24.3. The van der Waals surface area contributed by atoms with Gasteiger partial charge in [0, 0.05) is 18.8 Å². The van der Waals surface area contributed by atoms with Gasteiger partial charge in [0.05, 0.1) is 13.5 Å². The number of anilines is 1. The van der Waals surface area contributed by atoms with Gasteiger partial charge in [0.1, 0.15) is 11.8 Å². The molecule has 2 amide bonds. The van der Waals surface area contributed by atoms with E-state index in [0.717, 1.165) is 30.6 Å². The van der Waals surface area contributed by atoms with Crippen LogP contribution >= 0.6 is 12.2 Å². The van der Waals surface area contributed by atoms with Gasteiger partial charge in [-0.25, -0.2) is 0 Å². The van der Waals surface area contributed by atoms with Crippen molar-refractivity contribution in [3.8, 4) is 5.75 Å². The second kappa shape index (κ2) is 13.1. The van der Waals surface area contributed by atoms with E-state index in [1.807, 2.05) is 23.1 Å². The fraction of sp³-hybridized carbons (Fsp3) is 0.444. The van der Waals surface area contributed by atoms with Crippen molar-refractivity contribution in [2.45, 2.75) is 57.9 Å². The maximum atomic E-state index is 13.4. The number of rotatable bonds is 13. The van der Waals surface area contributed by atoms with Crippen LogP contribution in [-0.2, 0) is 16.0 Å². The highest BCUT2D eigenvalue weighted by Crippen LogP contribution is 2.23. The molecule has 182 valence electrons. The highest BCUT2D eigenvalue weighted by atomic mass is 32.1. The maximum absolute atomic E-state index is 13.4. The number of ether oxygens (including phenoxy) is 1. The summed E-state index contributed by atoms with van der Waals surface area (Å²) in [6.45, 7) is 3.40. The second-order valence-corrected chi connectivity index (χ2v) is 8.98. The van der Waals surface area contributed by atoms with Crippen molar-refractivity contribution in [2.75, 3.05) is 25.5 Å². The molecule has 2 aromatic carbocycles. The van der Waals surface area contributed by atoms with Gasteiger partial charge in [0.15, 0.2) is 5.11 Å². The summed E-state index contributed by atoms with van der Waals surface area (Å²) >= 11 is 5.73. The van der Waals surface area contributed by atoms with E-state index in [2.05, 4.69) is 24.4 Å². The van der Waals surface area contributed by atoms with Crippen LogP contribution in [0.2, 0.25) is 0 Å². The quantitative estimate of drug-likeness (QED) is 0.321. The van der Waals surface area contributed by atoms with Gasteiger partial charge in [-0.1, -0.05) is 62.9 Å². The number of hydrogen-bond donors (Lipinski definition) is 1. The van der Waals surface area contributed by atoms with Crippen molar-refractivity contribution in [1.29, 1.82) is 0 Å². The zero-order valence-electron chi connectivity index (χ0n) is 20.2. The van der Waals surface area contributed by atoms with Crippen LogP contribution in [0.15, 0.2) is 54.6 Å². The lowest BCUT2D eigenvalue weighted by Crippen LogP contribution is -2.38. The molecular weight excluding hydrogens is 446 g/mol. The molecule has 34 heavy (non-hydrogen) atoms. The largest absolute Gasteiger partial charge is 0.497 e. The van der Waals surface area contributed by atoms with Crippen LogP contribution in [0.1, 0.15) is 51.0 Å². The Kier molecular flexibility index (Phi) is 9.89. The molecule has 1 aliphatic heterocycles. The predicted octanol–water partition coefficient (Wildman–Crippen LogP) is 5.03. The third-order valence-corrected chi connectivity index (χ3v) is 6.58. The number of methoxy groups -OCH3 is 1. The molecule has 0 aliphatic carbocycles. The lowest BCUT2D eigenvalue weighted by Gasteiger charge is -2.24. The number of benzene rings is 2. The highest BCUT2D eigenvalue weighted by molar-refractivity contribution is 7.80. The Bertz CT molecular complexity index is 949. The van der Waals surface area contributed by atoms with Crippen LogP contribution in [0.25, 0.3) is 0 Å². The minimum atomic E-state index is -0.562. The normalized spacial score (nSPS) is 15.6. The Morgan fingerprint density at radius 1 is 1.00 bits per heavy atom. The number of thiocarbonyl (C=S) groups is 1. The Hall–Kier alpha value is -2.93. The van der Waals surface area contributed by atoms with E-state index in [4.69, 9.17) is 17.0 Å². The van der Waals surface area contributed by atoms with Gasteiger partial charge in [0.25, 0.3) is 5.91 Å². The lowest BCUT2D eigenvalue weighted by molar-refractivity contribution is -0.130. The van der Waals surface area contributed by atoms with Crippen LogP contribution in [0.4, 0.5) is 5.69 Å². The van der Waals surface area contributed by atoms with E-state index < -0.39 is 6.04 Å². The molecule has 1 unspecified atom stereocenters. The monoisotopic (exact) mass is 481 g/mol. The summed E-state index contributed by atoms with van der Waals surface area (Å²) in [6, 6.07) is 16.7. The third kappa shape index (κ3) is 7.03. The molecule has 1 atom stereocenters. The minimum Gasteiger partial charge on any atom is -0.497 e. The SMILES string of the molecule is CCCCCCCN1C(=S)N(CCc2ccccc2)C(=O)C1CC(=O)Nc1ccc(OC)cc1. The van der Waals surface area contributed by atoms with E-state index in [1.54, 1.807) is 36.3 Å². The van der Waals surface area contributed by atoms with E-state index in [9.17, 15) is 9.59 Å². The maximum Gasteiger partial charge on any atom is 0.252 e. The molecule has 0 spiro atoms. The van der Waals surface area contributed by atoms with E-state index in [0.29, 0.717) is 23.9 Å². The Morgan fingerprint density at radius 2 is 1.71 bits per heavy atom. The molecule has 1 N–H and O–H groups in total. The topological polar surface area (TPSA) is 61.9 Å². The molecule has 2 aromatic rings. The van der Waals surface area contributed by atoms with E-state index in [-0.39, 0.29) is 18.2 Å². The number of nitrogens with one attached hydrogen (secondary N) is 1. The first kappa shape index (κ1) is 25.7. The predicted molar refractivity (Wildman–Crippen MR) is 140 cm³/mol. The van der Waals surface area contributed by atoms with Gasteiger partial charge in [-0.15, -0.1) is 0 Å². The van der Waals surface area contributed by atoms with Crippen LogP contribution < -0.4 is 10.1 Å². The van der Waals surface area contributed by atoms with Gasteiger partial charge < -0.3 is 15.0 Å². The number of amides is 2. The Morgan fingerprint density at radius 3 is 2.38 bits per heavy atom. The molecule has 1 heterocycles. The third-order valence-electron chi connectivity index (χ3n) is 6.13. The molecule has 1 saturated heterocycles. The minimum absolute atomic E-state index is 0.0712. The van der Waals surface area contributed by atoms with Gasteiger partial charge >= 0.3 is 0 Å². The zero-order valence-corrected chi connectivity index (χ0v) is 21.0. The number of hydrogen-bond acceptors (Lipinski definition) is 4. The average Bonchev–Trinajstić information content (AvgIpc) is 3.07. The molecule has 0 bridgehead atoms. The summed E-state index contributed by atoms with van der Waals surface area (Å²) < 4.78 is 5.17. The molecule has 0 aromatic heterocycles. The van der Waals surface area contributed by atoms with E-state index >= 15 is 0 Å². The molecule has 6 nitrogen and oxygen atoms in total. The van der Waals surface area contributed by atoms with Crippen LogP contribution in [-0.4, -0.2) is 53.0 Å². The van der Waals surface area contributed by atoms with Crippen molar-refractivity contribution in [3.63, 3.8) is 0 Å². The number of carbonyl (C=O) groups is 2. The standard InChI is InChI=1S/C27H35N3O3S/c1-3-4-5-6-10-18-29-24(20-25(31)28-22-13-15-23(33-2)16-14-22)26(32)30(27(29)34)19-17-21-11-8-7-9-12-21/h7-9,11-16,24H,3-6,10,17-20H2,1-2H3,(H,28,31). The van der Waals surface area contributed by atoms with Crippen LogP contribution in [0.3, 0.4) is 0 Å². The average molecular weight is 482 g/mol. The smallest absolute Gasteiger partial charge is 0.252 e. The fourth-order valence-corrected chi connectivity index (χ4v) is 4.58. The lowest BCUT2D eigenvalue weighted by atomic mass is 10.1. The molecule has 0 radical (unpaired) electrons. The van der Waals surface area contributed by atoms with Gasteiger partial charge in [-0.05, 0) is 54.9 Å². The van der Waals surface area contributed by atoms with Crippen LogP contribution in [0, 0.1) is 0 Å². The summed E-state index contributed by atoms with van der Waals surface area (Å²) in [5.74, 6) is 0.434. The van der Waals surface area contributed by atoms with Gasteiger partial charge in [0.2, 0.25) is 5.91 Å². The van der Waals surface area contributed by atoms with Crippen molar-refractivity contribution >= 4 is 34.8 Å². The molecule has 3 rings (SSSR count). The molecular formula is C27H35N3O3S. The second-order valence-electron chi connectivity index (χ2n) is 8.61. The molecule has 0 saturated carbocycles. The van der Waals surface area contributed by atoms with Crippen molar-refractivity contribution < 1.29 is 14.3 Å². The highest BCUT2D eigenvalue weighted by Gasteiger charge is 2.42. The van der Waals surface area contributed by atoms with Crippen LogP contribution in [0.5, 0.6) is 5.75 Å². The number of unbranched alkanes of at least 4 members (excludes halogenated alkanes) is 4. The number of carbonyl (C=O) groups excluding carboxylic acids is 2. The molecule has 7 heteroatoms. The first-order valence-electron chi connectivity index (χ1n) is 12.1. The summed E-state index contributed by atoms with van der Waals surface area (Å²) in [7, 11) is 1.60. The van der Waals surface area contributed by atoms with E-state index in [1.165, 1.54) is 19.3 Å². The summed E-state index contributed by atoms with van der Waals surface area (Å²) in [6.07, 6.45) is 6.41. The summed E-state index contributed by atoms with van der Waals surface area (Å²) in [5.41, 5.74) is 1.83. The van der Waals surface area contributed by atoms with Crippen molar-refractivity contribution in [2.24, 2.45) is 0 Å². The first-order chi connectivity index (χ1) is 16.5. The summed E-state index contributed by atoms with van der Waals surface area (Å²) in [4.78, 5) is 29.8. The molecule has 1 fully saturated rings. The Balaban J connectivity index is 1.65. The van der Waals surface area contributed by atoms with Crippen molar-refractivity contribution in [3.05, 3.63) is 60.2 Å². The first-order valence-corrected chi connectivity index (χ1v) is 12.5. The van der Waals surface area contributed by atoms with Gasteiger partial charge in [-0.2, -0.15) is 0 Å². The van der Waals surface area contributed by atoms with Gasteiger partial charge in [-0.3, -0.25) is 14.5 Å². The number of nitrogens with zero attached hydrogens (tertiary/aromatic N) is 2. The summed E-state index contributed by atoms with van der Waals surface area (Å²) in [5, 5.41) is 3.44. The van der Waals surface area contributed by atoms with Crippen molar-refractivity contribution in [1.82, 2.24) is 9.80 Å².